The van der Waals surface area contributed by atoms with Gasteiger partial charge in [0.15, 0.2) is 0 Å². The van der Waals surface area contributed by atoms with Crippen LogP contribution in [0.2, 0.25) is 0 Å². The van der Waals surface area contributed by atoms with Gasteiger partial charge in [0.1, 0.15) is 0 Å². The largest absolute Gasteiger partial charge is 0.323 e. The van der Waals surface area contributed by atoms with Gasteiger partial charge in [0, 0.05) is 11.4 Å². The van der Waals surface area contributed by atoms with Crippen LogP contribution in [-0.4, -0.2) is 4.57 Å². The first-order chi connectivity index (χ1) is 7.50. The minimum Gasteiger partial charge on any atom is -0.323 e. The molecule has 0 spiro atoms. The Bertz CT molecular complexity index is 536. The summed E-state index contributed by atoms with van der Waals surface area (Å²) in [4.78, 5) is 0. The molecule has 2 rings (SSSR count). The van der Waals surface area contributed by atoms with Crippen molar-refractivity contribution in [2.45, 2.75) is 27.7 Å². The Morgan fingerprint density at radius 1 is 1.12 bits per heavy atom. The standard InChI is InChI=1S/C14H18N2/c1-10-6-7-14(11(2)8-10)16-9-15(5)12(3)13(16)4/h6-8H,1-5H3. The van der Waals surface area contributed by atoms with Crippen molar-refractivity contribution in [1.82, 2.24) is 4.57 Å². The van der Waals surface area contributed by atoms with Crippen LogP contribution in [-0.2, 0) is 7.05 Å². The summed E-state index contributed by atoms with van der Waals surface area (Å²) in [5.41, 5.74) is 6.29. The molecule has 0 aliphatic rings. The van der Waals surface area contributed by atoms with E-state index >= 15 is 0 Å². The van der Waals surface area contributed by atoms with E-state index in [0.29, 0.717) is 0 Å². The summed E-state index contributed by atoms with van der Waals surface area (Å²) in [6.07, 6.45) is 3.32. The van der Waals surface area contributed by atoms with Crippen molar-refractivity contribution < 1.29 is 4.57 Å². The quantitative estimate of drug-likeness (QED) is 0.509. The highest BCUT2D eigenvalue weighted by Crippen LogP contribution is 2.17. The van der Waals surface area contributed by atoms with E-state index in [1.807, 2.05) is 11.6 Å². The van der Waals surface area contributed by atoms with Crippen molar-refractivity contribution in [3.05, 3.63) is 47.0 Å². The second-order valence-electron chi connectivity index (χ2n) is 4.46. The Balaban J connectivity index is 2.63. The number of hydrogen-bond acceptors (Lipinski definition) is 0. The summed E-state index contributed by atoms with van der Waals surface area (Å²) >= 11 is 0. The summed E-state index contributed by atoms with van der Waals surface area (Å²) in [6.45, 7) is 8.51. The number of nitrogens with zero attached hydrogens (tertiary/aromatic N) is 2. The van der Waals surface area contributed by atoms with Crippen LogP contribution in [0.5, 0.6) is 0 Å². The van der Waals surface area contributed by atoms with E-state index in [9.17, 15) is 0 Å². The molecule has 0 unspecified atom stereocenters. The molecule has 0 bridgehead atoms. The van der Waals surface area contributed by atoms with Gasteiger partial charge in [0.05, 0.1) is 12.7 Å². The van der Waals surface area contributed by atoms with Crippen LogP contribution in [0, 0.1) is 34.0 Å². The molecule has 0 radical (unpaired) electrons. The fourth-order valence-electron chi connectivity index (χ4n) is 2.00. The van der Waals surface area contributed by atoms with Gasteiger partial charge in [-0.05, 0) is 33.3 Å². The average molecular weight is 214 g/mol. The van der Waals surface area contributed by atoms with Crippen molar-refractivity contribution in [3.8, 4) is 5.69 Å². The van der Waals surface area contributed by atoms with Gasteiger partial charge in [0.2, 0.25) is 6.33 Å². The highest BCUT2D eigenvalue weighted by molar-refractivity contribution is 5.43. The van der Waals surface area contributed by atoms with Crippen LogP contribution in [0.3, 0.4) is 0 Å². The van der Waals surface area contributed by atoms with E-state index in [4.69, 9.17) is 0 Å². The average Bonchev–Trinajstić information content (AvgIpc) is 2.46. The second kappa shape index (κ2) is 3.78. The van der Waals surface area contributed by atoms with Crippen molar-refractivity contribution in [1.29, 1.82) is 0 Å². The monoisotopic (exact) mass is 214 g/mol. The van der Waals surface area contributed by atoms with Gasteiger partial charge in [-0.2, -0.15) is 0 Å². The summed E-state index contributed by atoms with van der Waals surface area (Å²) < 4.78 is 4.17. The third kappa shape index (κ3) is 1.64. The normalized spacial score (nSPS) is 10.8. The van der Waals surface area contributed by atoms with Gasteiger partial charge in [-0.25, -0.2) is 0 Å². The molecule has 2 heteroatoms. The fraction of sp³-hybridized carbons (Fsp3) is 0.357. The zero-order chi connectivity index (χ0) is 11.9. The van der Waals surface area contributed by atoms with Crippen LogP contribution >= 0.6 is 0 Å². The molecule has 16 heavy (non-hydrogen) atoms. The molecule has 0 N–H and O–H groups in total. The minimum absolute atomic E-state index is 1.21. The van der Waals surface area contributed by atoms with Gasteiger partial charge < -0.3 is 9.13 Å². The van der Waals surface area contributed by atoms with Crippen LogP contribution in [0.1, 0.15) is 22.5 Å². The first kappa shape index (κ1) is 10.9. The minimum atomic E-state index is 1.21. The fourth-order valence-corrected chi connectivity index (χ4v) is 2.00. The van der Waals surface area contributed by atoms with Crippen molar-refractivity contribution in [3.63, 3.8) is 0 Å². The van der Waals surface area contributed by atoms with Gasteiger partial charge >= 0.3 is 0 Å². The first-order valence-electron chi connectivity index (χ1n) is 5.55. The van der Waals surface area contributed by atoms with Crippen molar-refractivity contribution in [2.24, 2.45) is 7.05 Å². The lowest BCUT2D eigenvalue weighted by Gasteiger charge is -2.10. The molecule has 0 aliphatic carbocycles. The van der Waals surface area contributed by atoms with Gasteiger partial charge in [-0.15, -0.1) is 0 Å². The van der Waals surface area contributed by atoms with E-state index in [0.717, 1.165) is 0 Å². The van der Waals surface area contributed by atoms with Crippen LogP contribution in [0.25, 0.3) is 5.69 Å². The van der Waals surface area contributed by atoms with Gasteiger partial charge in [-0.3, -0.25) is 0 Å². The highest BCUT2D eigenvalue weighted by atomic mass is 15.1. The predicted octanol–water partition coefficient (Wildman–Crippen LogP) is 2.34. The molecule has 0 saturated heterocycles. The van der Waals surface area contributed by atoms with E-state index in [1.54, 1.807) is 0 Å². The molecule has 1 aromatic heterocycles. The zero-order valence-electron chi connectivity index (χ0n) is 10.6. The van der Waals surface area contributed by atoms with E-state index < -0.39 is 0 Å². The smallest absolute Gasteiger partial charge is 0.243 e. The third-order valence-corrected chi connectivity index (χ3v) is 3.21. The zero-order valence-corrected chi connectivity index (χ0v) is 10.6. The summed E-state index contributed by atoms with van der Waals surface area (Å²) in [5.74, 6) is 0. The third-order valence-electron chi connectivity index (χ3n) is 3.21. The number of aromatic nitrogens is 2. The van der Waals surface area contributed by atoms with Crippen LogP contribution < -0.4 is 4.57 Å². The van der Waals surface area contributed by atoms with Gasteiger partial charge in [-0.1, -0.05) is 23.8 Å². The summed E-state index contributed by atoms with van der Waals surface area (Å²) in [5, 5.41) is 0. The lowest BCUT2D eigenvalue weighted by atomic mass is 10.1. The Hall–Kier alpha value is -1.57. The maximum atomic E-state index is 3.32. The molecular weight excluding hydrogens is 196 g/mol. The summed E-state index contributed by atoms with van der Waals surface area (Å²) in [6, 6.07) is 6.51. The number of rotatable bonds is 1. The van der Waals surface area contributed by atoms with Crippen molar-refractivity contribution >= 4 is 0 Å². The second-order valence-corrected chi connectivity index (χ2v) is 4.46. The Kier molecular flexibility index (Phi) is 2.58. The topological polar surface area (TPSA) is 8.81 Å². The lowest BCUT2D eigenvalue weighted by molar-refractivity contribution is -0.681. The van der Waals surface area contributed by atoms with Crippen LogP contribution in [0.15, 0.2) is 18.2 Å². The Labute approximate surface area is 97.2 Å². The molecular formula is C14H18N2. The molecule has 2 nitrogen and oxygen atoms in total. The van der Waals surface area contributed by atoms with Crippen LogP contribution in [0.4, 0.5) is 0 Å². The maximum absolute atomic E-state index is 3.32. The van der Waals surface area contributed by atoms with Crippen molar-refractivity contribution in [2.75, 3.05) is 0 Å². The van der Waals surface area contributed by atoms with E-state index in [-0.39, 0.29) is 0 Å². The molecule has 84 valence electrons. The van der Waals surface area contributed by atoms with Gasteiger partial charge in [0.25, 0.3) is 0 Å². The van der Waals surface area contributed by atoms with E-state index in [1.165, 1.54) is 28.2 Å². The predicted molar refractivity (Wildman–Crippen MR) is 64.7 cm³/mol. The highest BCUT2D eigenvalue weighted by Gasteiger charge is 2.08. The molecule has 2 aromatic rings. The first-order valence-corrected chi connectivity index (χ1v) is 5.55. The number of hydrogen-bond donors (Lipinski definition) is 0. The molecule has 0 atom stereocenters. The summed E-state index contributed by atoms with van der Waals surface area (Å²) in [7, 11) is 2.03. The maximum Gasteiger partial charge on any atom is 0.243 e. The van der Waals surface area contributed by atoms with E-state index in [2.05, 4.69) is 56.8 Å². The lowest BCUT2D eigenvalue weighted by Crippen LogP contribution is -2.29. The number of benzene rings is 1. The Morgan fingerprint density at radius 3 is 2.31 bits per heavy atom. The molecule has 0 fully saturated rings. The Morgan fingerprint density at radius 2 is 1.81 bits per heavy atom. The SMILES string of the molecule is Cc1ccc(-n2[c-][n+](C)c(C)c2C)c(C)c1. The molecule has 1 aromatic carbocycles. The molecule has 0 saturated carbocycles. The molecule has 0 aliphatic heterocycles. The molecule has 1 heterocycles. The molecule has 0 amide bonds. The number of aryl methyl sites for hydroxylation is 3. The number of imidazole rings is 1.